The number of aromatic nitrogens is 1. The summed E-state index contributed by atoms with van der Waals surface area (Å²) in [5, 5.41) is 0. The first kappa shape index (κ1) is 14.8. The Morgan fingerprint density at radius 3 is 2.38 bits per heavy atom. The first-order chi connectivity index (χ1) is 9.92. The van der Waals surface area contributed by atoms with Crippen LogP contribution in [-0.2, 0) is 4.74 Å². The number of rotatable bonds is 3. The number of benzene rings is 1. The lowest BCUT2D eigenvalue weighted by Crippen LogP contribution is -2.16. The lowest BCUT2D eigenvalue weighted by molar-refractivity contribution is 0.0594. The van der Waals surface area contributed by atoms with Crippen molar-refractivity contribution in [3.8, 4) is 0 Å². The molecule has 0 radical (unpaired) electrons. The topological polar surface area (TPSA) is 68.5 Å². The van der Waals surface area contributed by atoms with Crippen molar-refractivity contribution in [2.75, 3.05) is 24.8 Å². The monoisotopic (exact) mass is 285 g/mol. The smallest absolute Gasteiger partial charge is 0.356 e. The number of pyridine rings is 1. The molecule has 0 atom stereocenters. The van der Waals surface area contributed by atoms with Gasteiger partial charge in [-0.2, -0.15) is 0 Å². The number of carbonyl (C=O) groups excluding carboxylic acids is 1. The number of hydrogen-bond donors (Lipinski definition) is 1. The van der Waals surface area contributed by atoms with Gasteiger partial charge in [-0.3, -0.25) is 0 Å². The van der Waals surface area contributed by atoms with E-state index in [0.717, 1.165) is 16.8 Å². The molecule has 0 spiro atoms. The maximum absolute atomic E-state index is 11.6. The third kappa shape index (κ3) is 3.13. The van der Waals surface area contributed by atoms with E-state index in [-0.39, 0.29) is 5.69 Å². The second kappa shape index (κ2) is 5.83. The van der Waals surface area contributed by atoms with E-state index in [9.17, 15) is 4.79 Å². The zero-order chi connectivity index (χ0) is 15.6. The molecule has 1 aromatic heterocycles. The normalized spacial score (nSPS) is 10.3. The second-order valence-corrected chi connectivity index (χ2v) is 5.01. The zero-order valence-electron chi connectivity index (χ0n) is 12.7. The number of nitrogens with two attached hydrogens (primary N) is 1. The molecule has 5 heteroatoms. The summed E-state index contributed by atoms with van der Waals surface area (Å²) >= 11 is 0. The van der Waals surface area contributed by atoms with Crippen molar-refractivity contribution < 1.29 is 9.53 Å². The fraction of sp³-hybridized carbons (Fsp3) is 0.250. The predicted octanol–water partition coefficient (Wildman–Crippen LogP) is 2.84. The van der Waals surface area contributed by atoms with Gasteiger partial charge in [0.05, 0.1) is 12.8 Å². The Morgan fingerprint density at radius 2 is 1.81 bits per heavy atom. The summed E-state index contributed by atoms with van der Waals surface area (Å²) in [5.74, 6) is 0.0490. The van der Waals surface area contributed by atoms with Crippen LogP contribution in [0.2, 0.25) is 0 Å². The largest absolute Gasteiger partial charge is 0.464 e. The fourth-order valence-corrected chi connectivity index (χ4v) is 2.21. The van der Waals surface area contributed by atoms with Gasteiger partial charge in [-0.05, 0) is 49.2 Å². The first-order valence-corrected chi connectivity index (χ1v) is 6.59. The van der Waals surface area contributed by atoms with Crippen molar-refractivity contribution in [2.45, 2.75) is 13.8 Å². The van der Waals surface area contributed by atoms with E-state index in [1.54, 1.807) is 12.1 Å². The first-order valence-electron chi connectivity index (χ1n) is 6.59. The molecule has 2 N–H and O–H groups in total. The summed E-state index contributed by atoms with van der Waals surface area (Å²) in [7, 11) is 3.20. The number of methoxy groups -OCH3 is 1. The summed E-state index contributed by atoms with van der Waals surface area (Å²) in [6.07, 6.45) is 0. The van der Waals surface area contributed by atoms with Gasteiger partial charge in [-0.25, -0.2) is 9.78 Å². The van der Waals surface area contributed by atoms with E-state index < -0.39 is 5.97 Å². The standard InChI is InChI=1S/C16H19N3O2/c1-10-7-11(2)9-12(8-10)19(3)15-13(17)5-6-14(18-15)16(20)21-4/h5-9H,17H2,1-4H3. The Balaban J connectivity index is 2.46. The van der Waals surface area contributed by atoms with Crippen LogP contribution in [0.1, 0.15) is 21.6 Å². The molecule has 1 heterocycles. The molecule has 0 aliphatic heterocycles. The van der Waals surface area contributed by atoms with Crippen LogP contribution in [0.5, 0.6) is 0 Å². The van der Waals surface area contributed by atoms with E-state index in [0.29, 0.717) is 11.5 Å². The Labute approximate surface area is 124 Å². The Kier molecular flexibility index (Phi) is 4.12. The van der Waals surface area contributed by atoms with Crippen LogP contribution in [0.3, 0.4) is 0 Å². The van der Waals surface area contributed by atoms with Crippen LogP contribution < -0.4 is 10.6 Å². The summed E-state index contributed by atoms with van der Waals surface area (Å²) in [6.45, 7) is 4.07. The summed E-state index contributed by atoms with van der Waals surface area (Å²) in [4.78, 5) is 17.8. The molecule has 2 rings (SSSR count). The van der Waals surface area contributed by atoms with Crippen molar-refractivity contribution in [1.29, 1.82) is 0 Å². The highest BCUT2D eigenvalue weighted by atomic mass is 16.5. The lowest BCUT2D eigenvalue weighted by atomic mass is 10.1. The molecule has 5 nitrogen and oxygen atoms in total. The van der Waals surface area contributed by atoms with Crippen molar-refractivity contribution in [1.82, 2.24) is 4.98 Å². The number of hydrogen-bond acceptors (Lipinski definition) is 5. The van der Waals surface area contributed by atoms with E-state index in [1.807, 2.05) is 37.9 Å². The number of nitrogen functional groups attached to an aromatic ring is 1. The van der Waals surface area contributed by atoms with Crippen LogP contribution in [0.25, 0.3) is 0 Å². The van der Waals surface area contributed by atoms with Crippen LogP contribution in [-0.4, -0.2) is 25.1 Å². The van der Waals surface area contributed by atoms with Crippen LogP contribution >= 0.6 is 0 Å². The molecule has 21 heavy (non-hydrogen) atoms. The van der Waals surface area contributed by atoms with Gasteiger partial charge in [0.15, 0.2) is 11.5 Å². The Hall–Kier alpha value is -2.56. The Bertz CT molecular complexity index is 663. The highest BCUT2D eigenvalue weighted by Gasteiger charge is 2.14. The molecule has 0 amide bonds. The summed E-state index contributed by atoms with van der Waals surface area (Å²) in [6, 6.07) is 9.39. The van der Waals surface area contributed by atoms with Crippen molar-refractivity contribution in [3.63, 3.8) is 0 Å². The number of nitrogens with zero attached hydrogens (tertiary/aromatic N) is 2. The Morgan fingerprint density at radius 1 is 1.19 bits per heavy atom. The SMILES string of the molecule is COC(=O)c1ccc(N)c(N(C)c2cc(C)cc(C)c2)n1. The quantitative estimate of drug-likeness (QED) is 0.878. The van der Waals surface area contributed by atoms with Crippen LogP contribution in [0.4, 0.5) is 17.2 Å². The van der Waals surface area contributed by atoms with Gasteiger partial charge in [0.1, 0.15) is 0 Å². The number of carbonyl (C=O) groups is 1. The molecule has 0 unspecified atom stereocenters. The molecule has 0 aliphatic carbocycles. The van der Waals surface area contributed by atoms with Gasteiger partial charge < -0.3 is 15.4 Å². The molecule has 0 aliphatic rings. The van der Waals surface area contributed by atoms with Crippen LogP contribution in [0.15, 0.2) is 30.3 Å². The van der Waals surface area contributed by atoms with Gasteiger partial charge in [0.2, 0.25) is 0 Å². The maximum Gasteiger partial charge on any atom is 0.356 e. The van der Waals surface area contributed by atoms with Gasteiger partial charge in [-0.1, -0.05) is 6.07 Å². The van der Waals surface area contributed by atoms with Crippen molar-refractivity contribution in [2.24, 2.45) is 0 Å². The highest BCUT2D eigenvalue weighted by molar-refractivity contribution is 5.89. The minimum Gasteiger partial charge on any atom is -0.464 e. The molecule has 0 saturated carbocycles. The van der Waals surface area contributed by atoms with Gasteiger partial charge >= 0.3 is 5.97 Å². The minimum absolute atomic E-state index is 0.234. The average molecular weight is 285 g/mol. The second-order valence-electron chi connectivity index (χ2n) is 5.01. The molecule has 2 aromatic rings. The van der Waals surface area contributed by atoms with Crippen LogP contribution in [0, 0.1) is 13.8 Å². The van der Waals surface area contributed by atoms with E-state index in [2.05, 4.69) is 11.1 Å². The highest BCUT2D eigenvalue weighted by Crippen LogP contribution is 2.28. The number of aryl methyl sites for hydroxylation is 2. The summed E-state index contributed by atoms with van der Waals surface area (Å²) in [5.41, 5.74) is 10.00. The molecular formula is C16H19N3O2. The van der Waals surface area contributed by atoms with Gasteiger partial charge in [-0.15, -0.1) is 0 Å². The molecule has 110 valence electrons. The number of anilines is 3. The van der Waals surface area contributed by atoms with Gasteiger partial charge in [0.25, 0.3) is 0 Å². The molecular weight excluding hydrogens is 266 g/mol. The number of esters is 1. The van der Waals surface area contributed by atoms with E-state index in [4.69, 9.17) is 10.5 Å². The fourth-order valence-electron chi connectivity index (χ4n) is 2.21. The summed E-state index contributed by atoms with van der Waals surface area (Å²) < 4.78 is 4.69. The molecule has 1 aromatic carbocycles. The van der Waals surface area contributed by atoms with Crippen molar-refractivity contribution >= 4 is 23.2 Å². The maximum atomic E-state index is 11.6. The third-order valence-electron chi connectivity index (χ3n) is 3.21. The zero-order valence-corrected chi connectivity index (χ0v) is 12.7. The number of ether oxygens (including phenoxy) is 1. The third-order valence-corrected chi connectivity index (χ3v) is 3.21. The van der Waals surface area contributed by atoms with E-state index >= 15 is 0 Å². The van der Waals surface area contributed by atoms with Crippen molar-refractivity contribution in [3.05, 3.63) is 47.2 Å². The minimum atomic E-state index is -0.481. The molecule has 0 saturated heterocycles. The predicted molar refractivity (Wildman–Crippen MR) is 84.0 cm³/mol. The lowest BCUT2D eigenvalue weighted by Gasteiger charge is -2.21. The van der Waals surface area contributed by atoms with Gasteiger partial charge in [0, 0.05) is 12.7 Å². The average Bonchev–Trinajstić information content (AvgIpc) is 2.45. The molecule has 0 bridgehead atoms. The van der Waals surface area contributed by atoms with E-state index in [1.165, 1.54) is 7.11 Å². The molecule has 0 fully saturated rings.